The number of carbonyl (C=O) groups is 1. The summed E-state index contributed by atoms with van der Waals surface area (Å²) >= 11 is 6.29. The second kappa shape index (κ2) is 10.3. The third kappa shape index (κ3) is 4.59. The summed E-state index contributed by atoms with van der Waals surface area (Å²) in [5.41, 5.74) is 1.58. The third-order valence-corrected chi connectivity index (χ3v) is 6.95. The number of halogens is 3. The van der Waals surface area contributed by atoms with E-state index in [0.29, 0.717) is 16.8 Å². The van der Waals surface area contributed by atoms with Crippen LogP contribution in [-0.2, 0) is 11.3 Å². The maximum Gasteiger partial charge on any atom is 0.411 e. The monoisotopic (exact) mass is 517 g/mol. The van der Waals surface area contributed by atoms with Gasteiger partial charge in [-0.2, -0.15) is 0 Å². The Labute approximate surface area is 212 Å². The molecule has 0 N–H and O–H groups in total. The number of nitrogens with zero attached hydrogens (tertiary/aromatic N) is 7. The number of ether oxygens (including phenoxy) is 1. The Morgan fingerprint density at radius 2 is 1.83 bits per heavy atom. The Balaban J connectivity index is 1.47. The Bertz CT molecular complexity index is 1220. The molecule has 0 aliphatic carbocycles. The number of piperidine rings is 1. The fraction of sp³-hybridized carbons (Fsp3) is 0.458. The van der Waals surface area contributed by atoms with Crippen molar-refractivity contribution in [3.05, 3.63) is 58.9 Å². The molecule has 1 unspecified atom stereocenters. The zero-order valence-electron chi connectivity index (χ0n) is 19.7. The van der Waals surface area contributed by atoms with Crippen LogP contribution in [0.3, 0.4) is 0 Å². The van der Waals surface area contributed by atoms with E-state index in [9.17, 15) is 13.6 Å². The molecule has 1 amide bonds. The van der Waals surface area contributed by atoms with Gasteiger partial charge in [0, 0.05) is 36.4 Å². The van der Waals surface area contributed by atoms with Gasteiger partial charge in [-0.3, -0.25) is 9.47 Å². The number of fused-ring (bicyclic) bond motifs is 3. The molecule has 4 heterocycles. The molecule has 5 rings (SSSR count). The molecule has 2 aliphatic heterocycles. The SMILES string of the molecule is CC1c2nnc(C3CCN(c4ncccn4)CC3)n2-c2ccc(Cl)cc2CN1C(=O)OC(CF)CF. The summed E-state index contributed by atoms with van der Waals surface area (Å²) in [5, 5.41) is 9.53. The molecule has 0 radical (unpaired) electrons. The van der Waals surface area contributed by atoms with Crippen molar-refractivity contribution in [1.29, 1.82) is 0 Å². The third-order valence-electron chi connectivity index (χ3n) is 6.72. The highest BCUT2D eigenvalue weighted by Gasteiger charge is 2.36. The Kier molecular flexibility index (Phi) is 6.99. The lowest BCUT2D eigenvalue weighted by molar-refractivity contribution is 0.0286. The molecule has 9 nitrogen and oxygen atoms in total. The minimum absolute atomic E-state index is 0.128. The molecule has 12 heteroatoms. The Morgan fingerprint density at radius 1 is 1.14 bits per heavy atom. The van der Waals surface area contributed by atoms with Gasteiger partial charge in [-0.25, -0.2) is 23.5 Å². The predicted molar refractivity (Wildman–Crippen MR) is 129 cm³/mol. The van der Waals surface area contributed by atoms with Crippen molar-refractivity contribution in [3.8, 4) is 5.69 Å². The highest BCUT2D eigenvalue weighted by atomic mass is 35.5. The van der Waals surface area contributed by atoms with Crippen LogP contribution in [-0.4, -0.2) is 68.3 Å². The van der Waals surface area contributed by atoms with E-state index in [0.717, 1.165) is 43.0 Å². The molecule has 0 spiro atoms. The van der Waals surface area contributed by atoms with Gasteiger partial charge in [-0.1, -0.05) is 11.6 Å². The predicted octanol–water partition coefficient (Wildman–Crippen LogP) is 4.42. The minimum Gasteiger partial charge on any atom is -0.440 e. The van der Waals surface area contributed by atoms with E-state index in [4.69, 9.17) is 16.3 Å². The first-order chi connectivity index (χ1) is 17.5. The summed E-state index contributed by atoms with van der Waals surface area (Å²) in [4.78, 5) is 25.2. The van der Waals surface area contributed by atoms with Gasteiger partial charge in [0.15, 0.2) is 11.9 Å². The molecule has 3 aromatic rings. The Morgan fingerprint density at radius 3 is 2.53 bits per heavy atom. The molecule has 1 aromatic carbocycles. The maximum atomic E-state index is 13.0. The van der Waals surface area contributed by atoms with E-state index in [-0.39, 0.29) is 12.5 Å². The van der Waals surface area contributed by atoms with E-state index in [2.05, 4.69) is 25.1 Å². The fourth-order valence-corrected chi connectivity index (χ4v) is 4.97. The standard InChI is InChI=1S/C24H26ClF2N7O2/c1-15-21-30-31-22(16-5-9-32(10-6-16)23-28-7-2-8-29-23)34(21)20-4-3-18(25)11-17(20)14-33(15)24(35)36-19(12-26)13-27/h2-4,7-8,11,15-16,19H,5-6,9-10,12-14H2,1H3. The van der Waals surface area contributed by atoms with Gasteiger partial charge in [0.2, 0.25) is 5.95 Å². The number of amides is 1. The number of alkyl halides is 2. The molecule has 2 aromatic heterocycles. The number of hydrogen-bond donors (Lipinski definition) is 0. The summed E-state index contributed by atoms with van der Waals surface area (Å²) in [7, 11) is 0. The van der Waals surface area contributed by atoms with Gasteiger partial charge in [0.25, 0.3) is 0 Å². The second-order valence-electron chi connectivity index (χ2n) is 8.95. The molecular formula is C24H26ClF2N7O2. The number of rotatable bonds is 5. The summed E-state index contributed by atoms with van der Waals surface area (Å²) in [6.07, 6.45) is 2.86. The average Bonchev–Trinajstić information content (AvgIpc) is 3.31. The highest BCUT2D eigenvalue weighted by molar-refractivity contribution is 6.30. The molecule has 1 atom stereocenters. The Hall–Kier alpha value is -3.34. The molecule has 190 valence electrons. The first-order valence-corrected chi connectivity index (χ1v) is 12.2. The van der Waals surface area contributed by atoms with Crippen LogP contribution < -0.4 is 4.90 Å². The molecular weight excluding hydrogens is 492 g/mol. The summed E-state index contributed by atoms with van der Waals surface area (Å²) < 4.78 is 33.2. The largest absolute Gasteiger partial charge is 0.440 e. The van der Waals surface area contributed by atoms with Crippen LogP contribution in [0.2, 0.25) is 5.02 Å². The lowest BCUT2D eigenvalue weighted by atomic mass is 9.95. The first kappa shape index (κ1) is 24.4. The maximum absolute atomic E-state index is 13.0. The number of hydrogen-bond acceptors (Lipinski definition) is 7. The normalized spacial score (nSPS) is 18.1. The first-order valence-electron chi connectivity index (χ1n) is 11.8. The van der Waals surface area contributed by atoms with Crippen LogP contribution in [0.1, 0.15) is 48.9 Å². The van der Waals surface area contributed by atoms with E-state index in [1.807, 2.05) is 10.6 Å². The van der Waals surface area contributed by atoms with Crippen LogP contribution in [0, 0.1) is 0 Å². The van der Waals surface area contributed by atoms with Gasteiger partial charge in [0.05, 0.1) is 18.3 Å². The van der Waals surface area contributed by atoms with Gasteiger partial charge in [0.1, 0.15) is 19.2 Å². The lowest BCUT2D eigenvalue weighted by Crippen LogP contribution is -2.37. The van der Waals surface area contributed by atoms with Gasteiger partial charge in [-0.05, 0) is 49.6 Å². The summed E-state index contributed by atoms with van der Waals surface area (Å²) in [5.74, 6) is 2.19. The molecule has 1 fully saturated rings. The highest BCUT2D eigenvalue weighted by Crippen LogP contribution is 2.37. The fourth-order valence-electron chi connectivity index (χ4n) is 4.78. The van der Waals surface area contributed by atoms with Gasteiger partial charge in [-0.15, -0.1) is 10.2 Å². The summed E-state index contributed by atoms with van der Waals surface area (Å²) in [6, 6.07) is 6.68. The van der Waals surface area contributed by atoms with Crippen molar-refractivity contribution in [3.63, 3.8) is 0 Å². The molecule has 0 saturated carbocycles. The van der Waals surface area contributed by atoms with E-state index < -0.39 is 31.6 Å². The number of carbonyl (C=O) groups excluding carboxylic acids is 1. The van der Waals surface area contributed by atoms with Crippen molar-refractivity contribution in [1.82, 2.24) is 29.6 Å². The number of aromatic nitrogens is 5. The molecule has 1 saturated heterocycles. The second-order valence-corrected chi connectivity index (χ2v) is 9.39. The smallest absolute Gasteiger partial charge is 0.411 e. The van der Waals surface area contributed by atoms with Crippen LogP contribution in [0.15, 0.2) is 36.7 Å². The van der Waals surface area contributed by atoms with Crippen LogP contribution in [0.5, 0.6) is 0 Å². The lowest BCUT2D eigenvalue weighted by Gasteiger charge is -2.31. The van der Waals surface area contributed by atoms with Crippen molar-refractivity contribution in [2.45, 2.75) is 44.4 Å². The van der Waals surface area contributed by atoms with Crippen LogP contribution >= 0.6 is 11.6 Å². The van der Waals surface area contributed by atoms with E-state index in [1.54, 1.807) is 37.5 Å². The minimum atomic E-state index is -1.45. The van der Waals surface area contributed by atoms with Crippen molar-refractivity contribution >= 4 is 23.6 Å². The number of benzene rings is 1. The van der Waals surface area contributed by atoms with E-state index >= 15 is 0 Å². The summed E-state index contributed by atoms with van der Waals surface area (Å²) in [6.45, 7) is 1.29. The average molecular weight is 518 g/mol. The molecule has 2 aliphatic rings. The molecule has 36 heavy (non-hydrogen) atoms. The molecule has 0 bridgehead atoms. The quantitative estimate of drug-likeness (QED) is 0.495. The van der Waals surface area contributed by atoms with E-state index in [1.165, 1.54) is 4.90 Å². The van der Waals surface area contributed by atoms with Crippen molar-refractivity contribution in [2.75, 3.05) is 31.3 Å². The zero-order chi connectivity index (χ0) is 25.2. The topological polar surface area (TPSA) is 89.3 Å². The van der Waals surface area contributed by atoms with Crippen molar-refractivity contribution in [2.24, 2.45) is 0 Å². The van der Waals surface area contributed by atoms with Crippen LogP contribution in [0.4, 0.5) is 19.5 Å². The van der Waals surface area contributed by atoms with Crippen molar-refractivity contribution < 1.29 is 18.3 Å². The van der Waals surface area contributed by atoms with Crippen LogP contribution in [0.25, 0.3) is 5.69 Å². The van der Waals surface area contributed by atoms with Gasteiger partial charge < -0.3 is 9.64 Å². The van der Waals surface area contributed by atoms with Gasteiger partial charge >= 0.3 is 6.09 Å². The zero-order valence-corrected chi connectivity index (χ0v) is 20.5. The number of anilines is 1.